The standard InChI is InChI=1S/C13H21NO/c1-11(2)7-9-15-10-8-12-3-5-13(14)6-4-12/h3-6,11H,7-10,14H2,1-2H3. The van der Waals surface area contributed by atoms with Crippen molar-refractivity contribution in [1.29, 1.82) is 0 Å². The van der Waals surface area contributed by atoms with Crippen molar-refractivity contribution in [3.05, 3.63) is 29.8 Å². The normalized spacial score (nSPS) is 10.9. The highest BCUT2D eigenvalue weighted by atomic mass is 16.5. The zero-order valence-corrected chi connectivity index (χ0v) is 9.70. The molecule has 2 nitrogen and oxygen atoms in total. The summed E-state index contributed by atoms with van der Waals surface area (Å²) in [5.74, 6) is 0.724. The van der Waals surface area contributed by atoms with Crippen LogP contribution in [0.2, 0.25) is 0 Å². The fraction of sp³-hybridized carbons (Fsp3) is 0.538. The number of nitrogen functional groups attached to an aromatic ring is 1. The van der Waals surface area contributed by atoms with Crippen LogP contribution in [0.5, 0.6) is 0 Å². The first-order valence-corrected chi connectivity index (χ1v) is 5.60. The van der Waals surface area contributed by atoms with Crippen LogP contribution in [0.15, 0.2) is 24.3 Å². The highest BCUT2D eigenvalue weighted by molar-refractivity contribution is 5.39. The van der Waals surface area contributed by atoms with Crippen LogP contribution in [0.3, 0.4) is 0 Å². The van der Waals surface area contributed by atoms with Gasteiger partial charge in [0.25, 0.3) is 0 Å². The number of benzene rings is 1. The van der Waals surface area contributed by atoms with Crippen molar-refractivity contribution in [2.45, 2.75) is 26.7 Å². The van der Waals surface area contributed by atoms with Crippen LogP contribution in [-0.4, -0.2) is 13.2 Å². The van der Waals surface area contributed by atoms with Gasteiger partial charge in [-0.2, -0.15) is 0 Å². The summed E-state index contributed by atoms with van der Waals surface area (Å²) in [6.07, 6.45) is 2.11. The third kappa shape index (κ3) is 5.43. The SMILES string of the molecule is CC(C)CCOCCc1ccc(N)cc1. The molecular formula is C13H21NO. The van der Waals surface area contributed by atoms with Crippen LogP contribution in [0.25, 0.3) is 0 Å². The van der Waals surface area contributed by atoms with E-state index in [1.54, 1.807) is 0 Å². The van der Waals surface area contributed by atoms with E-state index in [1.165, 1.54) is 5.56 Å². The van der Waals surface area contributed by atoms with E-state index >= 15 is 0 Å². The van der Waals surface area contributed by atoms with E-state index in [1.807, 2.05) is 12.1 Å². The van der Waals surface area contributed by atoms with Crippen LogP contribution >= 0.6 is 0 Å². The maximum Gasteiger partial charge on any atom is 0.0506 e. The topological polar surface area (TPSA) is 35.2 Å². The number of rotatable bonds is 6. The summed E-state index contributed by atoms with van der Waals surface area (Å²) in [6, 6.07) is 7.98. The van der Waals surface area contributed by atoms with E-state index in [0.717, 1.165) is 37.7 Å². The van der Waals surface area contributed by atoms with E-state index in [-0.39, 0.29) is 0 Å². The molecule has 0 saturated carbocycles. The molecule has 0 aliphatic heterocycles. The quantitative estimate of drug-likeness (QED) is 0.575. The lowest BCUT2D eigenvalue weighted by atomic mass is 10.1. The number of hydrogen-bond acceptors (Lipinski definition) is 2. The highest BCUT2D eigenvalue weighted by Gasteiger charge is 1.95. The Hall–Kier alpha value is -1.02. The van der Waals surface area contributed by atoms with E-state index in [4.69, 9.17) is 10.5 Å². The molecule has 1 rings (SSSR count). The molecule has 15 heavy (non-hydrogen) atoms. The van der Waals surface area contributed by atoms with Gasteiger partial charge < -0.3 is 10.5 Å². The first-order valence-electron chi connectivity index (χ1n) is 5.60. The van der Waals surface area contributed by atoms with Gasteiger partial charge in [-0.3, -0.25) is 0 Å². The Kier molecular flexibility index (Phi) is 5.19. The molecular weight excluding hydrogens is 186 g/mol. The second kappa shape index (κ2) is 6.46. The Balaban J connectivity index is 2.12. The van der Waals surface area contributed by atoms with E-state index in [0.29, 0.717) is 0 Å². The van der Waals surface area contributed by atoms with Gasteiger partial charge in [0, 0.05) is 12.3 Å². The molecule has 0 heterocycles. The molecule has 1 aromatic rings. The number of hydrogen-bond donors (Lipinski definition) is 1. The van der Waals surface area contributed by atoms with E-state index in [2.05, 4.69) is 26.0 Å². The van der Waals surface area contributed by atoms with Gasteiger partial charge in [0.05, 0.1) is 6.61 Å². The maximum atomic E-state index is 5.61. The molecule has 0 aliphatic rings. The van der Waals surface area contributed by atoms with Crippen molar-refractivity contribution >= 4 is 5.69 Å². The van der Waals surface area contributed by atoms with Crippen molar-refractivity contribution in [1.82, 2.24) is 0 Å². The Morgan fingerprint density at radius 3 is 2.40 bits per heavy atom. The Morgan fingerprint density at radius 1 is 1.13 bits per heavy atom. The average molecular weight is 207 g/mol. The third-order valence-electron chi connectivity index (χ3n) is 2.35. The molecule has 2 N–H and O–H groups in total. The minimum atomic E-state index is 0.724. The maximum absolute atomic E-state index is 5.61. The van der Waals surface area contributed by atoms with Gasteiger partial charge in [0.2, 0.25) is 0 Å². The zero-order valence-electron chi connectivity index (χ0n) is 9.70. The van der Waals surface area contributed by atoms with E-state index in [9.17, 15) is 0 Å². The monoisotopic (exact) mass is 207 g/mol. The molecule has 2 heteroatoms. The fourth-order valence-electron chi connectivity index (χ4n) is 1.30. The van der Waals surface area contributed by atoms with Gasteiger partial charge in [0.15, 0.2) is 0 Å². The molecule has 84 valence electrons. The second-order valence-corrected chi connectivity index (χ2v) is 4.29. The third-order valence-corrected chi connectivity index (χ3v) is 2.35. The Bertz CT molecular complexity index is 266. The van der Waals surface area contributed by atoms with Crippen LogP contribution in [-0.2, 0) is 11.2 Å². The molecule has 0 spiro atoms. The molecule has 0 aromatic heterocycles. The summed E-state index contributed by atoms with van der Waals surface area (Å²) in [6.45, 7) is 6.09. The van der Waals surface area contributed by atoms with Crippen LogP contribution in [0.4, 0.5) is 5.69 Å². The molecule has 0 aliphatic carbocycles. The highest BCUT2D eigenvalue weighted by Crippen LogP contribution is 2.06. The van der Waals surface area contributed by atoms with Gasteiger partial charge >= 0.3 is 0 Å². The number of anilines is 1. The number of ether oxygens (including phenoxy) is 1. The van der Waals surface area contributed by atoms with Crippen LogP contribution in [0, 0.1) is 5.92 Å². The lowest BCUT2D eigenvalue weighted by molar-refractivity contribution is 0.126. The molecule has 0 fully saturated rings. The van der Waals surface area contributed by atoms with Crippen molar-refractivity contribution < 1.29 is 4.74 Å². The average Bonchev–Trinajstić information content (AvgIpc) is 2.20. The van der Waals surface area contributed by atoms with Crippen molar-refractivity contribution in [2.24, 2.45) is 5.92 Å². The van der Waals surface area contributed by atoms with Crippen LogP contribution < -0.4 is 5.73 Å². The first kappa shape index (κ1) is 12.1. The molecule has 0 atom stereocenters. The summed E-state index contributed by atoms with van der Waals surface area (Å²) in [5.41, 5.74) is 7.71. The van der Waals surface area contributed by atoms with Crippen molar-refractivity contribution in [2.75, 3.05) is 18.9 Å². The van der Waals surface area contributed by atoms with Gasteiger partial charge in [-0.1, -0.05) is 26.0 Å². The van der Waals surface area contributed by atoms with Gasteiger partial charge in [-0.25, -0.2) is 0 Å². The summed E-state index contributed by atoms with van der Waals surface area (Å²) < 4.78 is 5.55. The summed E-state index contributed by atoms with van der Waals surface area (Å²) in [7, 11) is 0. The minimum absolute atomic E-state index is 0.724. The molecule has 0 amide bonds. The lowest BCUT2D eigenvalue weighted by Gasteiger charge is -2.06. The number of nitrogens with two attached hydrogens (primary N) is 1. The van der Waals surface area contributed by atoms with E-state index < -0.39 is 0 Å². The predicted octanol–water partition coefficient (Wildman–Crippen LogP) is 2.87. The van der Waals surface area contributed by atoms with Crippen molar-refractivity contribution in [3.8, 4) is 0 Å². The zero-order chi connectivity index (χ0) is 11.1. The Morgan fingerprint density at radius 2 is 1.80 bits per heavy atom. The second-order valence-electron chi connectivity index (χ2n) is 4.29. The molecule has 0 radical (unpaired) electrons. The Labute approximate surface area is 92.4 Å². The summed E-state index contributed by atoms with van der Waals surface area (Å²) >= 11 is 0. The first-order chi connectivity index (χ1) is 7.18. The molecule has 1 aromatic carbocycles. The smallest absolute Gasteiger partial charge is 0.0506 e. The summed E-state index contributed by atoms with van der Waals surface area (Å²) in [5, 5.41) is 0. The van der Waals surface area contributed by atoms with Gasteiger partial charge in [0.1, 0.15) is 0 Å². The van der Waals surface area contributed by atoms with Gasteiger partial charge in [-0.15, -0.1) is 0 Å². The molecule has 0 saturated heterocycles. The predicted molar refractivity (Wildman–Crippen MR) is 64.8 cm³/mol. The fourth-order valence-corrected chi connectivity index (χ4v) is 1.30. The lowest BCUT2D eigenvalue weighted by Crippen LogP contribution is -2.02. The summed E-state index contributed by atoms with van der Waals surface area (Å²) in [4.78, 5) is 0. The van der Waals surface area contributed by atoms with Crippen molar-refractivity contribution in [3.63, 3.8) is 0 Å². The minimum Gasteiger partial charge on any atom is -0.399 e. The van der Waals surface area contributed by atoms with Gasteiger partial charge in [-0.05, 0) is 36.5 Å². The van der Waals surface area contributed by atoms with Crippen LogP contribution in [0.1, 0.15) is 25.8 Å². The largest absolute Gasteiger partial charge is 0.399 e. The molecule has 0 unspecified atom stereocenters. The molecule has 0 bridgehead atoms.